The maximum Gasteiger partial charge on any atom is 0.136 e. The molecule has 0 unspecified atom stereocenters. The summed E-state index contributed by atoms with van der Waals surface area (Å²) < 4.78 is 0. The number of allylic oxidation sites excluding steroid dienone is 8. The van der Waals surface area contributed by atoms with Crippen LogP contribution in [0.5, 0.6) is 0 Å². The maximum atomic E-state index is 4.45. The smallest absolute Gasteiger partial charge is 0.136 e. The van der Waals surface area contributed by atoms with Crippen molar-refractivity contribution in [3.05, 3.63) is 84.4 Å². The lowest BCUT2D eigenvalue weighted by Crippen LogP contribution is -2.20. The molecule has 0 saturated carbocycles. The molecular weight excluding hydrogens is 232 g/mol. The van der Waals surface area contributed by atoms with Gasteiger partial charge in [-0.1, -0.05) is 36.9 Å². The molecule has 0 radical (unpaired) electrons. The van der Waals surface area contributed by atoms with Gasteiger partial charge in [0.25, 0.3) is 0 Å². The Balaban J connectivity index is 2.14. The Morgan fingerprint density at radius 3 is 2.95 bits per heavy atom. The van der Waals surface area contributed by atoms with E-state index in [9.17, 15) is 0 Å². The molecule has 1 aliphatic heterocycles. The van der Waals surface area contributed by atoms with E-state index in [-0.39, 0.29) is 0 Å². The van der Waals surface area contributed by atoms with Gasteiger partial charge in [0.15, 0.2) is 0 Å². The van der Waals surface area contributed by atoms with Gasteiger partial charge in [-0.15, -0.1) is 0 Å². The molecule has 94 valence electrons. The van der Waals surface area contributed by atoms with Crippen molar-refractivity contribution in [2.75, 3.05) is 4.90 Å². The van der Waals surface area contributed by atoms with Crippen LogP contribution < -0.4 is 4.90 Å². The average molecular weight is 248 g/mol. The minimum Gasteiger partial charge on any atom is -0.305 e. The van der Waals surface area contributed by atoms with E-state index in [2.05, 4.69) is 40.9 Å². The first-order valence-electron chi connectivity index (χ1n) is 6.50. The lowest BCUT2D eigenvalue weighted by Gasteiger charge is -2.28. The minimum atomic E-state index is 0.949. The molecule has 2 heterocycles. The molecule has 2 nitrogen and oxygen atoms in total. The number of rotatable bonds is 1. The first-order chi connectivity index (χ1) is 9.36. The lowest BCUT2D eigenvalue weighted by molar-refractivity contribution is 0.889. The SMILES string of the molecule is C=C1/C=C\C=C/N(c2ccccn2)C2=C1C=CCC2. The van der Waals surface area contributed by atoms with Crippen molar-refractivity contribution >= 4 is 5.82 Å². The zero-order chi connectivity index (χ0) is 13.1. The molecule has 0 spiro atoms. The van der Waals surface area contributed by atoms with Gasteiger partial charge in [-0.05, 0) is 36.6 Å². The second-order valence-electron chi connectivity index (χ2n) is 4.59. The number of aromatic nitrogens is 1. The maximum absolute atomic E-state index is 4.45. The second-order valence-corrected chi connectivity index (χ2v) is 4.59. The Labute approximate surface area is 113 Å². The first kappa shape index (κ1) is 11.7. The van der Waals surface area contributed by atoms with Gasteiger partial charge < -0.3 is 4.90 Å². The summed E-state index contributed by atoms with van der Waals surface area (Å²) in [7, 11) is 0. The highest BCUT2D eigenvalue weighted by atomic mass is 15.2. The normalized spacial score (nSPS) is 21.7. The Morgan fingerprint density at radius 2 is 2.11 bits per heavy atom. The summed E-state index contributed by atoms with van der Waals surface area (Å²) in [6, 6.07) is 5.98. The lowest BCUT2D eigenvalue weighted by atomic mass is 9.95. The van der Waals surface area contributed by atoms with Gasteiger partial charge in [-0.25, -0.2) is 4.98 Å². The van der Waals surface area contributed by atoms with E-state index in [0.717, 1.165) is 24.2 Å². The fraction of sp³-hybridized carbons (Fsp3) is 0.118. The molecule has 19 heavy (non-hydrogen) atoms. The highest BCUT2D eigenvalue weighted by Crippen LogP contribution is 2.31. The summed E-state index contributed by atoms with van der Waals surface area (Å²) in [5, 5.41) is 0. The zero-order valence-electron chi connectivity index (χ0n) is 10.8. The third-order valence-corrected chi connectivity index (χ3v) is 3.32. The zero-order valence-corrected chi connectivity index (χ0v) is 10.8. The number of hydrogen-bond acceptors (Lipinski definition) is 2. The monoisotopic (exact) mass is 248 g/mol. The molecule has 3 rings (SSSR count). The quantitative estimate of drug-likeness (QED) is 0.742. The van der Waals surface area contributed by atoms with Crippen LogP contribution in [0.3, 0.4) is 0 Å². The molecule has 2 aliphatic rings. The highest BCUT2D eigenvalue weighted by molar-refractivity contribution is 5.60. The Kier molecular flexibility index (Phi) is 3.15. The van der Waals surface area contributed by atoms with Crippen molar-refractivity contribution in [2.45, 2.75) is 12.8 Å². The van der Waals surface area contributed by atoms with Crippen molar-refractivity contribution in [3.8, 4) is 0 Å². The number of nitrogens with zero attached hydrogens (tertiary/aromatic N) is 2. The van der Waals surface area contributed by atoms with Gasteiger partial charge >= 0.3 is 0 Å². The van der Waals surface area contributed by atoms with E-state index in [1.807, 2.05) is 36.5 Å². The third-order valence-electron chi connectivity index (χ3n) is 3.32. The van der Waals surface area contributed by atoms with E-state index in [1.165, 1.54) is 11.3 Å². The van der Waals surface area contributed by atoms with E-state index in [0.29, 0.717) is 0 Å². The summed E-state index contributed by atoms with van der Waals surface area (Å²) in [4.78, 5) is 6.61. The van der Waals surface area contributed by atoms with E-state index in [1.54, 1.807) is 0 Å². The largest absolute Gasteiger partial charge is 0.305 e. The van der Waals surface area contributed by atoms with Crippen LogP contribution in [0.4, 0.5) is 5.82 Å². The molecule has 2 heteroatoms. The van der Waals surface area contributed by atoms with E-state index in [4.69, 9.17) is 0 Å². The van der Waals surface area contributed by atoms with Crippen molar-refractivity contribution in [1.29, 1.82) is 0 Å². The third kappa shape index (κ3) is 2.29. The predicted octanol–water partition coefficient (Wildman–Crippen LogP) is 4.13. The molecule has 0 bridgehead atoms. The fourth-order valence-electron chi connectivity index (χ4n) is 2.39. The molecule has 0 aromatic carbocycles. The minimum absolute atomic E-state index is 0.949. The van der Waals surface area contributed by atoms with Crippen LogP contribution in [0.25, 0.3) is 0 Å². The summed E-state index contributed by atoms with van der Waals surface area (Å²) in [6.45, 7) is 4.15. The van der Waals surface area contributed by atoms with Crippen molar-refractivity contribution in [3.63, 3.8) is 0 Å². The Hall–Kier alpha value is -2.35. The highest BCUT2D eigenvalue weighted by Gasteiger charge is 2.18. The first-order valence-corrected chi connectivity index (χ1v) is 6.50. The summed E-state index contributed by atoms with van der Waals surface area (Å²) in [5.74, 6) is 0.949. The van der Waals surface area contributed by atoms with Gasteiger partial charge in [0.2, 0.25) is 0 Å². The van der Waals surface area contributed by atoms with Crippen molar-refractivity contribution < 1.29 is 0 Å². The van der Waals surface area contributed by atoms with Crippen LogP contribution in [0.1, 0.15) is 12.8 Å². The number of hydrogen-bond donors (Lipinski definition) is 0. The molecule has 1 aliphatic carbocycles. The number of pyridine rings is 1. The van der Waals surface area contributed by atoms with Gasteiger partial charge in [0, 0.05) is 23.7 Å². The van der Waals surface area contributed by atoms with E-state index >= 15 is 0 Å². The van der Waals surface area contributed by atoms with Gasteiger partial charge in [0.1, 0.15) is 5.82 Å². The molecule has 0 N–H and O–H groups in total. The van der Waals surface area contributed by atoms with Crippen molar-refractivity contribution in [2.24, 2.45) is 0 Å². The van der Waals surface area contributed by atoms with Crippen LogP contribution in [0, 0.1) is 0 Å². The fourth-order valence-corrected chi connectivity index (χ4v) is 2.39. The van der Waals surface area contributed by atoms with Crippen LogP contribution >= 0.6 is 0 Å². The molecule has 0 amide bonds. The van der Waals surface area contributed by atoms with Gasteiger partial charge in [0.05, 0.1) is 0 Å². The van der Waals surface area contributed by atoms with Crippen LogP contribution in [-0.2, 0) is 0 Å². The second kappa shape index (κ2) is 5.11. The Morgan fingerprint density at radius 1 is 1.16 bits per heavy atom. The molecule has 0 saturated heterocycles. The Bertz CT molecular complexity index is 603. The van der Waals surface area contributed by atoms with Gasteiger partial charge in [-0.2, -0.15) is 0 Å². The number of anilines is 1. The molecule has 1 aromatic heterocycles. The molecular formula is C17H16N2. The molecule has 0 atom stereocenters. The van der Waals surface area contributed by atoms with Crippen LogP contribution in [0.15, 0.2) is 84.4 Å². The molecule has 0 fully saturated rings. The van der Waals surface area contributed by atoms with Crippen molar-refractivity contribution in [1.82, 2.24) is 4.98 Å². The van der Waals surface area contributed by atoms with Gasteiger partial charge in [-0.3, -0.25) is 0 Å². The summed E-state index contributed by atoms with van der Waals surface area (Å²) in [5.41, 5.74) is 3.53. The van der Waals surface area contributed by atoms with Crippen LogP contribution in [-0.4, -0.2) is 4.98 Å². The topological polar surface area (TPSA) is 16.1 Å². The predicted molar refractivity (Wildman–Crippen MR) is 79.5 cm³/mol. The summed E-state index contributed by atoms with van der Waals surface area (Å²) in [6.07, 6.45) is 16.4. The summed E-state index contributed by atoms with van der Waals surface area (Å²) >= 11 is 0. The molecule has 1 aromatic rings. The average Bonchev–Trinajstić information content (AvgIpc) is 2.46. The van der Waals surface area contributed by atoms with Crippen LogP contribution in [0.2, 0.25) is 0 Å². The standard InChI is InChI=1S/C17H16N2/c1-14-8-5-7-13-19(17-11-4-6-12-18-17)16-10-3-2-9-15(14)16/h2,4-9,11-13H,1,3,10H2/b8-5-,13-7-. The van der Waals surface area contributed by atoms with E-state index < -0.39 is 0 Å².